The summed E-state index contributed by atoms with van der Waals surface area (Å²) in [5, 5.41) is 14.0. The van der Waals surface area contributed by atoms with E-state index in [-0.39, 0.29) is 11.5 Å². The van der Waals surface area contributed by atoms with Crippen LogP contribution in [0.1, 0.15) is 56.3 Å². The van der Waals surface area contributed by atoms with Gasteiger partial charge >= 0.3 is 5.97 Å². The Labute approximate surface area is 126 Å². The summed E-state index contributed by atoms with van der Waals surface area (Å²) < 4.78 is 1.86. The molecule has 2 aliphatic rings. The van der Waals surface area contributed by atoms with Crippen molar-refractivity contribution in [1.29, 1.82) is 0 Å². The number of hydrogen-bond acceptors (Lipinski definition) is 4. The number of carboxylic acids is 1. The molecule has 2 aromatic rings. The summed E-state index contributed by atoms with van der Waals surface area (Å²) in [4.78, 5) is 30.8. The van der Waals surface area contributed by atoms with Crippen molar-refractivity contribution in [1.82, 2.24) is 19.7 Å². The average molecular weight is 302 g/mol. The van der Waals surface area contributed by atoms with Crippen molar-refractivity contribution in [2.45, 2.75) is 50.5 Å². The van der Waals surface area contributed by atoms with Crippen molar-refractivity contribution in [3.63, 3.8) is 0 Å². The molecular weight excluding hydrogens is 284 g/mol. The largest absolute Gasteiger partial charge is 0.481 e. The molecule has 116 valence electrons. The summed E-state index contributed by atoms with van der Waals surface area (Å²) in [6.45, 7) is 0. The highest BCUT2D eigenvalue weighted by Crippen LogP contribution is 2.41. The average Bonchev–Trinajstić information content (AvgIpc) is 3.04. The summed E-state index contributed by atoms with van der Waals surface area (Å²) in [6, 6.07) is 0.302. The number of rotatable bonds is 3. The van der Waals surface area contributed by atoms with Crippen LogP contribution in [0.5, 0.6) is 0 Å². The summed E-state index contributed by atoms with van der Waals surface area (Å²) in [5.41, 5.74) is 0.377. The van der Waals surface area contributed by atoms with E-state index < -0.39 is 11.9 Å². The van der Waals surface area contributed by atoms with Crippen molar-refractivity contribution in [2.24, 2.45) is 5.92 Å². The van der Waals surface area contributed by atoms with Crippen LogP contribution >= 0.6 is 0 Å². The summed E-state index contributed by atoms with van der Waals surface area (Å²) in [6.07, 6.45) is 7.42. The third kappa shape index (κ3) is 1.95. The van der Waals surface area contributed by atoms with Gasteiger partial charge in [0, 0.05) is 5.92 Å². The Bertz CT molecular complexity index is 788. The van der Waals surface area contributed by atoms with Crippen molar-refractivity contribution in [3.8, 4) is 0 Å². The SMILES string of the molecule is O=C(O)C1CCC1c1nc2c(cnn2C2CCCC2)c(=O)[nH]1. The third-order valence-corrected chi connectivity index (χ3v) is 5.10. The lowest BCUT2D eigenvalue weighted by molar-refractivity contribution is -0.145. The van der Waals surface area contributed by atoms with Gasteiger partial charge in [-0.2, -0.15) is 5.10 Å². The fourth-order valence-corrected chi connectivity index (χ4v) is 3.67. The van der Waals surface area contributed by atoms with Gasteiger partial charge in [0.1, 0.15) is 11.2 Å². The first-order valence-electron chi connectivity index (χ1n) is 7.85. The molecule has 7 heteroatoms. The Morgan fingerprint density at radius 1 is 1.27 bits per heavy atom. The maximum atomic E-state index is 12.3. The Morgan fingerprint density at radius 3 is 2.68 bits per heavy atom. The lowest BCUT2D eigenvalue weighted by Crippen LogP contribution is -2.33. The molecule has 2 unspecified atom stereocenters. The minimum atomic E-state index is -0.816. The number of aromatic nitrogens is 4. The number of aliphatic carboxylic acids is 1. The van der Waals surface area contributed by atoms with Gasteiger partial charge in [-0.1, -0.05) is 12.8 Å². The highest BCUT2D eigenvalue weighted by molar-refractivity contribution is 5.74. The molecule has 7 nitrogen and oxygen atoms in total. The normalized spacial score (nSPS) is 25.5. The van der Waals surface area contributed by atoms with Crippen molar-refractivity contribution in [2.75, 3.05) is 0 Å². The quantitative estimate of drug-likeness (QED) is 0.900. The van der Waals surface area contributed by atoms with Crippen LogP contribution in [0.15, 0.2) is 11.0 Å². The van der Waals surface area contributed by atoms with E-state index in [9.17, 15) is 14.7 Å². The molecule has 2 heterocycles. The zero-order valence-electron chi connectivity index (χ0n) is 12.2. The lowest BCUT2D eigenvalue weighted by Gasteiger charge is -2.32. The first kappa shape index (κ1) is 13.5. The van der Waals surface area contributed by atoms with Gasteiger partial charge in [-0.05, 0) is 25.7 Å². The minimum absolute atomic E-state index is 0.193. The molecule has 0 radical (unpaired) electrons. The predicted octanol–water partition coefficient (Wildman–Crippen LogP) is 1.81. The maximum Gasteiger partial charge on any atom is 0.307 e. The zero-order chi connectivity index (χ0) is 15.3. The third-order valence-electron chi connectivity index (χ3n) is 5.10. The van der Waals surface area contributed by atoms with E-state index in [0.717, 1.165) is 19.3 Å². The van der Waals surface area contributed by atoms with Gasteiger partial charge in [0.25, 0.3) is 5.56 Å². The van der Waals surface area contributed by atoms with Gasteiger partial charge in [-0.15, -0.1) is 0 Å². The first-order valence-corrected chi connectivity index (χ1v) is 7.85. The van der Waals surface area contributed by atoms with Crippen LogP contribution in [0.3, 0.4) is 0 Å². The number of nitrogens with zero attached hydrogens (tertiary/aromatic N) is 3. The van der Waals surface area contributed by atoms with Crippen LogP contribution in [0.4, 0.5) is 0 Å². The van der Waals surface area contributed by atoms with Crippen molar-refractivity contribution in [3.05, 3.63) is 22.4 Å². The van der Waals surface area contributed by atoms with E-state index >= 15 is 0 Å². The number of carboxylic acid groups (broad SMARTS) is 1. The maximum absolute atomic E-state index is 12.3. The smallest absolute Gasteiger partial charge is 0.307 e. The summed E-state index contributed by atoms with van der Waals surface area (Å²) in [5.74, 6) is -0.954. The van der Waals surface area contributed by atoms with Gasteiger partial charge < -0.3 is 10.1 Å². The highest BCUT2D eigenvalue weighted by atomic mass is 16.4. The molecule has 4 rings (SSSR count). The van der Waals surface area contributed by atoms with E-state index in [2.05, 4.69) is 15.1 Å². The highest BCUT2D eigenvalue weighted by Gasteiger charge is 2.39. The van der Waals surface area contributed by atoms with Crippen LogP contribution in [0, 0.1) is 5.92 Å². The second-order valence-electron chi connectivity index (χ2n) is 6.34. The molecule has 2 aliphatic carbocycles. The molecule has 0 saturated heterocycles. The monoisotopic (exact) mass is 302 g/mol. The van der Waals surface area contributed by atoms with Gasteiger partial charge in [0.2, 0.25) is 0 Å². The molecule has 2 saturated carbocycles. The number of H-pyrrole nitrogens is 1. The Morgan fingerprint density at radius 2 is 2.05 bits per heavy atom. The van der Waals surface area contributed by atoms with Crippen LogP contribution in [0.2, 0.25) is 0 Å². The minimum Gasteiger partial charge on any atom is -0.481 e. The van der Waals surface area contributed by atoms with Crippen LogP contribution in [-0.4, -0.2) is 30.8 Å². The standard InChI is InChI=1S/C15H18N4O3/c20-14-11-7-16-19(8-3-1-2-4-8)13(11)17-12(18-14)9-5-6-10(9)15(21)22/h7-10H,1-6H2,(H,21,22)(H,17,18,20). The van der Waals surface area contributed by atoms with Crippen molar-refractivity contribution >= 4 is 17.0 Å². The lowest BCUT2D eigenvalue weighted by atomic mass is 9.73. The second kappa shape index (κ2) is 4.93. The molecule has 0 aromatic carbocycles. The van der Waals surface area contributed by atoms with E-state index in [1.165, 1.54) is 12.8 Å². The van der Waals surface area contributed by atoms with E-state index in [1.54, 1.807) is 6.20 Å². The van der Waals surface area contributed by atoms with E-state index in [1.807, 2.05) is 4.68 Å². The fraction of sp³-hybridized carbons (Fsp3) is 0.600. The molecule has 0 aliphatic heterocycles. The molecular formula is C15H18N4O3. The topological polar surface area (TPSA) is 101 Å². The summed E-state index contributed by atoms with van der Waals surface area (Å²) >= 11 is 0. The van der Waals surface area contributed by atoms with Crippen LogP contribution in [0.25, 0.3) is 11.0 Å². The van der Waals surface area contributed by atoms with Gasteiger partial charge in [0.15, 0.2) is 5.65 Å². The number of fused-ring (bicyclic) bond motifs is 1. The Kier molecular flexibility index (Phi) is 3.02. The van der Waals surface area contributed by atoms with Crippen molar-refractivity contribution < 1.29 is 9.90 Å². The van der Waals surface area contributed by atoms with E-state index in [0.29, 0.717) is 29.3 Å². The Balaban J connectivity index is 1.79. The molecule has 0 amide bonds. The predicted molar refractivity (Wildman–Crippen MR) is 78.8 cm³/mol. The molecule has 0 bridgehead atoms. The second-order valence-corrected chi connectivity index (χ2v) is 6.34. The number of hydrogen-bond donors (Lipinski definition) is 2. The zero-order valence-corrected chi connectivity index (χ0v) is 12.2. The summed E-state index contributed by atoms with van der Waals surface area (Å²) in [7, 11) is 0. The number of aromatic amines is 1. The molecule has 22 heavy (non-hydrogen) atoms. The Hall–Kier alpha value is -2.18. The van der Waals surface area contributed by atoms with Crippen LogP contribution < -0.4 is 5.56 Å². The number of carbonyl (C=O) groups is 1. The van der Waals surface area contributed by atoms with Crippen LogP contribution in [-0.2, 0) is 4.79 Å². The molecule has 2 atom stereocenters. The number of nitrogens with one attached hydrogen (secondary N) is 1. The van der Waals surface area contributed by atoms with Gasteiger partial charge in [-0.25, -0.2) is 9.67 Å². The van der Waals surface area contributed by atoms with Gasteiger partial charge in [-0.3, -0.25) is 9.59 Å². The van der Waals surface area contributed by atoms with E-state index in [4.69, 9.17) is 0 Å². The van der Waals surface area contributed by atoms with Gasteiger partial charge in [0.05, 0.1) is 18.2 Å². The first-order chi connectivity index (χ1) is 10.6. The fourth-order valence-electron chi connectivity index (χ4n) is 3.67. The molecule has 2 fully saturated rings. The molecule has 0 spiro atoms. The molecule has 2 N–H and O–H groups in total. The molecule has 2 aromatic heterocycles.